The van der Waals surface area contributed by atoms with E-state index in [0.717, 1.165) is 9.37 Å². The van der Waals surface area contributed by atoms with Crippen LogP contribution in [0.15, 0.2) is 92.2 Å². The second-order valence-electron chi connectivity index (χ2n) is 6.15. The number of carbonyl (C=O) groups is 1. The van der Waals surface area contributed by atoms with Gasteiger partial charge in [0.2, 0.25) is 0 Å². The zero-order chi connectivity index (χ0) is 20.7. The molecule has 0 unspecified atom stereocenters. The Bertz CT molecular complexity index is 1070. The van der Waals surface area contributed by atoms with Crippen LogP contribution in [0.5, 0.6) is 0 Å². The number of hydrogen-bond donors (Lipinski definition) is 1. The van der Waals surface area contributed by atoms with Crippen molar-refractivity contribution >= 4 is 43.4 Å². The van der Waals surface area contributed by atoms with E-state index in [4.69, 9.17) is 0 Å². The van der Waals surface area contributed by atoms with Crippen molar-refractivity contribution in [2.75, 3.05) is 12.3 Å². The maximum Gasteiger partial charge on any atom is 0.254 e. The highest BCUT2D eigenvalue weighted by Gasteiger charge is 2.15. The largest absolute Gasteiger partial charge is 0.352 e. The fourth-order valence-electron chi connectivity index (χ4n) is 2.56. The van der Waals surface area contributed by atoms with Crippen LogP contribution in [0.25, 0.3) is 0 Å². The predicted octanol–water partition coefficient (Wildman–Crippen LogP) is 4.59. The van der Waals surface area contributed by atoms with Gasteiger partial charge in [-0.25, -0.2) is 13.4 Å². The third-order valence-electron chi connectivity index (χ3n) is 4.02. The monoisotopic (exact) mass is 490 g/mol. The van der Waals surface area contributed by atoms with Crippen molar-refractivity contribution in [3.8, 4) is 0 Å². The molecule has 8 heteroatoms. The topological polar surface area (TPSA) is 76.1 Å². The van der Waals surface area contributed by atoms with Crippen molar-refractivity contribution in [2.24, 2.45) is 0 Å². The van der Waals surface area contributed by atoms with Crippen LogP contribution in [0, 0.1) is 0 Å². The molecule has 0 bridgehead atoms. The van der Waals surface area contributed by atoms with Gasteiger partial charge >= 0.3 is 0 Å². The molecule has 1 amide bonds. The first-order valence-electron chi connectivity index (χ1n) is 8.90. The Labute approximate surface area is 183 Å². The van der Waals surface area contributed by atoms with Gasteiger partial charge in [-0.05, 0) is 55.0 Å². The van der Waals surface area contributed by atoms with Crippen molar-refractivity contribution in [2.45, 2.75) is 21.2 Å². The van der Waals surface area contributed by atoms with E-state index in [9.17, 15) is 13.2 Å². The first-order valence-corrected chi connectivity index (χ1v) is 12.2. The highest BCUT2D eigenvalue weighted by Crippen LogP contribution is 2.29. The number of amides is 1. The Morgan fingerprint density at radius 2 is 1.72 bits per heavy atom. The van der Waals surface area contributed by atoms with Crippen LogP contribution in [0.1, 0.15) is 16.8 Å². The Kier molecular flexibility index (Phi) is 7.46. The van der Waals surface area contributed by atoms with Gasteiger partial charge in [0.25, 0.3) is 5.91 Å². The molecule has 3 aromatic rings. The number of aromatic nitrogens is 1. The van der Waals surface area contributed by atoms with Gasteiger partial charge < -0.3 is 5.32 Å². The lowest BCUT2D eigenvalue weighted by Gasteiger charge is -2.09. The Hall–Kier alpha value is -2.16. The lowest BCUT2D eigenvalue weighted by atomic mass is 10.2. The summed E-state index contributed by atoms with van der Waals surface area (Å²) in [6.07, 6.45) is 1.98. The number of carbonyl (C=O) groups excluding carboxylic acids is 1. The minimum atomic E-state index is -3.35. The fourth-order valence-corrected chi connectivity index (χ4v) is 5.04. The molecule has 2 aromatic carbocycles. The van der Waals surface area contributed by atoms with E-state index >= 15 is 0 Å². The van der Waals surface area contributed by atoms with Gasteiger partial charge in [-0.1, -0.05) is 45.9 Å². The maximum atomic E-state index is 12.6. The van der Waals surface area contributed by atoms with Crippen LogP contribution < -0.4 is 5.32 Å². The van der Waals surface area contributed by atoms with E-state index in [0.29, 0.717) is 21.9 Å². The van der Waals surface area contributed by atoms with Gasteiger partial charge in [-0.3, -0.25) is 4.79 Å². The van der Waals surface area contributed by atoms with Crippen LogP contribution in [-0.2, 0) is 9.84 Å². The molecule has 29 heavy (non-hydrogen) atoms. The van der Waals surface area contributed by atoms with Gasteiger partial charge in [0.15, 0.2) is 9.84 Å². The average molecular weight is 491 g/mol. The minimum absolute atomic E-state index is 0.0230. The van der Waals surface area contributed by atoms with Crippen molar-refractivity contribution < 1.29 is 13.2 Å². The maximum absolute atomic E-state index is 12.6. The summed E-state index contributed by atoms with van der Waals surface area (Å²) in [6, 6.07) is 19.5. The molecule has 0 spiro atoms. The van der Waals surface area contributed by atoms with Crippen LogP contribution in [0.4, 0.5) is 0 Å². The number of pyridine rings is 1. The molecule has 0 aliphatic rings. The molecule has 1 heterocycles. The first-order chi connectivity index (χ1) is 14.0. The Morgan fingerprint density at radius 3 is 2.45 bits per heavy atom. The molecule has 0 radical (unpaired) electrons. The summed E-state index contributed by atoms with van der Waals surface area (Å²) in [7, 11) is -3.35. The number of benzene rings is 2. The second kappa shape index (κ2) is 10.0. The molecule has 0 fully saturated rings. The molecule has 0 saturated carbocycles. The van der Waals surface area contributed by atoms with Crippen molar-refractivity contribution in [3.05, 3.63) is 83.0 Å². The quantitative estimate of drug-likeness (QED) is 0.467. The Morgan fingerprint density at radius 1 is 1.00 bits per heavy atom. The smallest absolute Gasteiger partial charge is 0.254 e. The third kappa shape index (κ3) is 6.16. The van der Waals surface area contributed by atoms with E-state index < -0.39 is 9.84 Å². The molecular weight excluding hydrogens is 472 g/mol. The van der Waals surface area contributed by atoms with Crippen molar-refractivity contribution in [3.63, 3.8) is 0 Å². The molecule has 1 aromatic heterocycles. The number of rotatable bonds is 8. The number of nitrogens with one attached hydrogen (secondary N) is 1. The summed E-state index contributed by atoms with van der Waals surface area (Å²) in [5.74, 6) is -0.292. The lowest BCUT2D eigenvalue weighted by Crippen LogP contribution is -2.26. The van der Waals surface area contributed by atoms with E-state index in [-0.39, 0.29) is 18.2 Å². The summed E-state index contributed by atoms with van der Waals surface area (Å²) in [6.45, 7) is 0.266. The summed E-state index contributed by atoms with van der Waals surface area (Å²) >= 11 is 4.80. The van der Waals surface area contributed by atoms with Gasteiger partial charge in [-0.15, -0.1) is 0 Å². The van der Waals surface area contributed by atoms with Crippen molar-refractivity contribution in [1.82, 2.24) is 10.3 Å². The molecule has 0 saturated heterocycles. The number of sulfone groups is 1. The van der Waals surface area contributed by atoms with Crippen LogP contribution in [-0.4, -0.2) is 31.6 Å². The molecular formula is C21H19BrN2O3S2. The highest BCUT2D eigenvalue weighted by molar-refractivity contribution is 9.10. The standard InChI is InChI=1S/C21H19BrN2O3S2/c22-16-9-11-17(12-10-16)28-21-19(8-4-13-24-21)20(25)23-14-5-15-29(26,27)18-6-2-1-3-7-18/h1-4,6-13H,5,14-15H2,(H,23,25). The summed E-state index contributed by atoms with van der Waals surface area (Å²) in [5.41, 5.74) is 0.464. The molecule has 5 nitrogen and oxygen atoms in total. The van der Waals surface area contributed by atoms with Crippen molar-refractivity contribution in [1.29, 1.82) is 0 Å². The number of nitrogens with zero attached hydrogens (tertiary/aromatic N) is 1. The van der Waals surface area contributed by atoms with Crippen LogP contribution >= 0.6 is 27.7 Å². The van der Waals surface area contributed by atoms with E-state index in [1.807, 2.05) is 24.3 Å². The van der Waals surface area contributed by atoms with Crippen LogP contribution in [0.3, 0.4) is 0 Å². The summed E-state index contributed by atoms with van der Waals surface area (Å²) < 4.78 is 25.6. The SMILES string of the molecule is O=C(NCCCS(=O)(=O)c1ccccc1)c1cccnc1Sc1ccc(Br)cc1. The zero-order valence-corrected chi connectivity index (χ0v) is 18.6. The fraction of sp³-hybridized carbons (Fsp3) is 0.143. The van der Waals surface area contributed by atoms with Gasteiger partial charge in [0.1, 0.15) is 5.03 Å². The normalized spacial score (nSPS) is 11.2. The minimum Gasteiger partial charge on any atom is -0.352 e. The molecule has 3 rings (SSSR count). The van der Waals surface area contributed by atoms with E-state index in [1.54, 1.807) is 48.7 Å². The first kappa shape index (κ1) is 21.5. The van der Waals surface area contributed by atoms with E-state index in [1.165, 1.54) is 11.8 Å². The number of hydrogen-bond acceptors (Lipinski definition) is 5. The van der Waals surface area contributed by atoms with Gasteiger partial charge in [0, 0.05) is 22.1 Å². The Balaban J connectivity index is 1.58. The zero-order valence-electron chi connectivity index (χ0n) is 15.4. The summed E-state index contributed by atoms with van der Waals surface area (Å²) in [5, 5.41) is 3.40. The molecule has 0 aliphatic carbocycles. The highest BCUT2D eigenvalue weighted by atomic mass is 79.9. The predicted molar refractivity (Wildman–Crippen MR) is 118 cm³/mol. The third-order valence-corrected chi connectivity index (χ3v) is 7.39. The molecule has 1 N–H and O–H groups in total. The van der Waals surface area contributed by atoms with Crippen LogP contribution in [0.2, 0.25) is 0 Å². The molecule has 150 valence electrons. The van der Waals surface area contributed by atoms with Gasteiger partial charge in [-0.2, -0.15) is 0 Å². The summed E-state index contributed by atoms with van der Waals surface area (Å²) in [4.78, 5) is 18.2. The second-order valence-corrected chi connectivity index (χ2v) is 10.2. The van der Waals surface area contributed by atoms with E-state index in [2.05, 4.69) is 26.2 Å². The molecule has 0 aliphatic heterocycles. The van der Waals surface area contributed by atoms with Gasteiger partial charge in [0.05, 0.1) is 16.2 Å². The average Bonchev–Trinajstić information content (AvgIpc) is 2.74. The lowest BCUT2D eigenvalue weighted by molar-refractivity contribution is 0.0950. The molecule has 0 atom stereocenters. The number of halogens is 1.